The summed E-state index contributed by atoms with van der Waals surface area (Å²) in [5.41, 5.74) is 3.14. The summed E-state index contributed by atoms with van der Waals surface area (Å²) in [4.78, 5) is 13.8. The summed E-state index contributed by atoms with van der Waals surface area (Å²) in [6, 6.07) is 6.31. The van der Waals surface area contributed by atoms with Gasteiger partial charge >= 0.3 is 5.97 Å². The third kappa shape index (κ3) is 1.77. The molecule has 0 saturated heterocycles. The van der Waals surface area contributed by atoms with Gasteiger partial charge in [0, 0.05) is 18.3 Å². The van der Waals surface area contributed by atoms with Gasteiger partial charge in [-0.3, -0.25) is 0 Å². The highest BCUT2D eigenvalue weighted by atomic mass is 16.5. The highest BCUT2D eigenvalue weighted by molar-refractivity contribution is 5.90. The lowest BCUT2D eigenvalue weighted by Crippen LogP contribution is -2.28. The first-order chi connectivity index (χ1) is 7.63. The largest absolute Gasteiger partial charge is 0.465 e. The molecule has 0 atom stereocenters. The highest BCUT2D eigenvalue weighted by Gasteiger charge is 2.22. The Kier molecular flexibility index (Phi) is 2.86. The second-order valence-electron chi connectivity index (χ2n) is 4.37. The van der Waals surface area contributed by atoms with Crippen LogP contribution in [0.2, 0.25) is 0 Å². The van der Waals surface area contributed by atoms with Crippen LogP contribution in [0.4, 0.5) is 5.69 Å². The molecule has 1 aromatic carbocycles. The van der Waals surface area contributed by atoms with E-state index >= 15 is 0 Å². The van der Waals surface area contributed by atoms with E-state index in [1.165, 1.54) is 18.4 Å². The van der Waals surface area contributed by atoms with Crippen molar-refractivity contribution in [3.63, 3.8) is 0 Å². The molecule has 0 aromatic heterocycles. The molecule has 1 heterocycles. The number of methoxy groups -OCH3 is 1. The van der Waals surface area contributed by atoms with Gasteiger partial charge in [-0.1, -0.05) is 0 Å². The quantitative estimate of drug-likeness (QED) is 0.714. The molecule has 1 aliphatic heterocycles. The number of carbonyl (C=O) groups is 1. The topological polar surface area (TPSA) is 29.5 Å². The monoisotopic (exact) mass is 219 g/mol. The number of hydrogen-bond donors (Lipinski definition) is 0. The molecule has 86 valence electrons. The van der Waals surface area contributed by atoms with Crippen LogP contribution in [-0.2, 0) is 11.2 Å². The first-order valence-corrected chi connectivity index (χ1v) is 5.61. The lowest BCUT2D eigenvalue weighted by Gasteiger charge is -2.23. The molecular weight excluding hydrogens is 202 g/mol. The van der Waals surface area contributed by atoms with Crippen molar-refractivity contribution in [1.82, 2.24) is 0 Å². The van der Waals surface area contributed by atoms with Crippen molar-refractivity contribution in [2.75, 3.05) is 18.6 Å². The lowest BCUT2D eigenvalue weighted by atomic mass is 10.1. The summed E-state index contributed by atoms with van der Waals surface area (Å²) in [7, 11) is 1.41. The summed E-state index contributed by atoms with van der Waals surface area (Å²) in [5.74, 6) is -0.259. The van der Waals surface area contributed by atoms with Gasteiger partial charge in [0.05, 0.1) is 12.7 Å². The zero-order valence-electron chi connectivity index (χ0n) is 9.99. The summed E-state index contributed by atoms with van der Waals surface area (Å²) >= 11 is 0. The Balaban J connectivity index is 2.33. The Morgan fingerprint density at radius 2 is 2.19 bits per heavy atom. The second kappa shape index (κ2) is 4.16. The number of ether oxygens (including phenoxy) is 1. The minimum Gasteiger partial charge on any atom is -0.465 e. The first kappa shape index (κ1) is 11.0. The van der Waals surface area contributed by atoms with Crippen molar-refractivity contribution < 1.29 is 9.53 Å². The summed E-state index contributed by atoms with van der Waals surface area (Å²) in [6.07, 6.45) is 1.01. The van der Waals surface area contributed by atoms with Crippen LogP contribution in [0.5, 0.6) is 0 Å². The zero-order valence-corrected chi connectivity index (χ0v) is 9.99. The Morgan fingerprint density at radius 1 is 1.44 bits per heavy atom. The van der Waals surface area contributed by atoms with E-state index in [4.69, 9.17) is 4.74 Å². The van der Waals surface area contributed by atoms with Crippen molar-refractivity contribution in [2.45, 2.75) is 26.3 Å². The van der Waals surface area contributed by atoms with E-state index in [2.05, 4.69) is 18.7 Å². The van der Waals surface area contributed by atoms with Crippen LogP contribution >= 0.6 is 0 Å². The van der Waals surface area contributed by atoms with Gasteiger partial charge in [-0.2, -0.15) is 0 Å². The standard InChI is InChI=1S/C13H17NO2/c1-9(2)14-7-6-10-8-11(13(15)16-3)4-5-12(10)14/h4-5,8-9H,6-7H2,1-3H3. The fourth-order valence-electron chi connectivity index (χ4n) is 2.21. The van der Waals surface area contributed by atoms with Crippen molar-refractivity contribution in [2.24, 2.45) is 0 Å². The fraction of sp³-hybridized carbons (Fsp3) is 0.462. The number of fused-ring (bicyclic) bond motifs is 1. The van der Waals surface area contributed by atoms with Gasteiger partial charge in [0.2, 0.25) is 0 Å². The molecule has 1 aliphatic rings. The third-order valence-corrected chi connectivity index (χ3v) is 3.06. The molecule has 3 heteroatoms. The molecular formula is C13H17NO2. The van der Waals surface area contributed by atoms with Gasteiger partial charge in [0.15, 0.2) is 0 Å². The van der Waals surface area contributed by atoms with Gasteiger partial charge in [-0.15, -0.1) is 0 Å². The molecule has 16 heavy (non-hydrogen) atoms. The SMILES string of the molecule is COC(=O)c1ccc2c(c1)CCN2C(C)C. The Bertz CT molecular complexity index is 412. The number of nitrogens with zero attached hydrogens (tertiary/aromatic N) is 1. The molecule has 0 fully saturated rings. The van der Waals surface area contributed by atoms with Crippen molar-refractivity contribution in [3.05, 3.63) is 29.3 Å². The second-order valence-corrected chi connectivity index (χ2v) is 4.37. The van der Waals surface area contributed by atoms with Gasteiger partial charge in [-0.25, -0.2) is 4.79 Å². The molecule has 0 N–H and O–H groups in total. The fourth-order valence-corrected chi connectivity index (χ4v) is 2.21. The van der Waals surface area contributed by atoms with Crippen molar-refractivity contribution in [3.8, 4) is 0 Å². The maximum absolute atomic E-state index is 11.4. The Labute approximate surface area is 96.0 Å². The molecule has 1 aromatic rings. The van der Waals surface area contributed by atoms with E-state index in [0.717, 1.165) is 13.0 Å². The smallest absolute Gasteiger partial charge is 0.337 e. The van der Waals surface area contributed by atoms with E-state index in [-0.39, 0.29) is 5.97 Å². The van der Waals surface area contributed by atoms with Crippen LogP contribution < -0.4 is 4.90 Å². The molecule has 0 bridgehead atoms. The maximum atomic E-state index is 11.4. The van der Waals surface area contributed by atoms with Crippen LogP contribution in [0.25, 0.3) is 0 Å². The van der Waals surface area contributed by atoms with Gasteiger partial charge < -0.3 is 9.64 Å². The minimum absolute atomic E-state index is 0.259. The number of carbonyl (C=O) groups excluding carboxylic acids is 1. The van der Waals surface area contributed by atoms with Crippen LogP contribution in [0.3, 0.4) is 0 Å². The normalized spacial score (nSPS) is 14.1. The van der Waals surface area contributed by atoms with Crippen LogP contribution in [-0.4, -0.2) is 25.7 Å². The molecule has 0 saturated carbocycles. The molecule has 0 aliphatic carbocycles. The van der Waals surface area contributed by atoms with Gasteiger partial charge in [0.25, 0.3) is 0 Å². The van der Waals surface area contributed by atoms with E-state index in [0.29, 0.717) is 11.6 Å². The number of anilines is 1. The highest BCUT2D eigenvalue weighted by Crippen LogP contribution is 2.30. The maximum Gasteiger partial charge on any atom is 0.337 e. The first-order valence-electron chi connectivity index (χ1n) is 5.61. The van der Waals surface area contributed by atoms with E-state index in [9.17, 15) is 4.79 Å². The minimum atomic E-state index is -0.259. The molecule has 0 amide bonds. The van der Waals surface area contributed by atoms with E-state index in [1.807, 2.05) is 18.2 Å². The number of hydrogen-bond acceptors (Lipinski definition) is 3. The Morgan fingerprint density at radius 3 is 2.81 bits per heavy atom. The average molecular weight is 219 g/mol. The molecule has 0 unspecified atom stereocenters. The Hall–Kier alpha value is -1.51. The van der Waals surface area contributed by atoms with Crippen LogP contribution in [0.15, 0.2) is 18.2 Å². The van der Waals surface area contributed by atoms with E-state index < -0.39 is 0 Å². The van der Waals surface area contributed by atoms with Gasteiger partial charge in [-0.05, 0) is 44.0 Å². The third-order valence-electron chi connectivity index (χ3n) is 3.06. The number of esters is 1. The summed E-state index contributed by atoms with van der Waals surface area (Å²) in [6.45, 7) is 5.41. The van der Waals surface area contributed by atoms with Crippen molar-refractivity contribution >= 4 is 11.7 Å². The van der Waals surface area contributed by atoms with Crippen LogP contribution in [0.1, 0.15) is 29.8 Å². The molecule has 2 rings (SSSR count). The predicted molar refractivity (Wildman–Crippen MR) is 64.0 cm³/mol. The summed E-state index contributed by atoms with van der Waals surface area (Å²) in [5, 5.41) is 0. The summed E-state index contributed by atoms with van der Waals surface area (Å²) < 4.78 is 4.72. The molecule has 3 nitrogen and oxygen atoms in total. The predicted octanol–water partition coefficient (Wildman–Crippen LogP) is 2.24. The van der Waals surface area contributed by atoms with Crippen LogP contribution in [0, 0.1) is 0 Å². The van der Waals surface area contributed by atoms with Crippen molar-refractivity contribution in [1.29, 1.82) is 0 Å². The lowest BCUT2D eigenvalue weighted by molar-refractivity contribution is 0.0600. The van der Waals surface area contributed by atoms with Gasteiger partial charge in [0.1, 0.15) is 0 Å². The number of benzene rings is 1. The molecule has 0 spiro atoms. The average Bonchev–Trinajstić information content (AvgIpc) is 2.70. The van der Waals surface area contributed by atoms with E-state index in [1.54, 1.807) is 0 Å². The number of rotatable bonds is 2. The molecule has 0 radical (unpaired) electrons. The zero-order chi connectivity index (χ0) is 11.7.